The maximum atomic E-state index is 11.3. The second-order valence-corrected chi connectivity index (χ2v) is 4.85. The number of rotatable bonds is 7. The molecule has 0 fully saturated rings. The summed E-state index contributed by atoms with van der Waals surface area (Å²) in [5.74, 6) is -1.32. The standard InChI is InChI=1S/C14H17N3O4/c1-10(2)16(8-4-7-15)9-11-5-3-6-12(17(20)21)13(11)14(18)19/h3,5-6,10H,4,8-9H2,1-2H3,(H,18,19). The summed E-state index contributed by atoms with van der Waals surface area (Å²) in [6, 6.07) is 6.36. The van der Waals surface area contributed by atoms with Crippen LogP contribution in [0.5, 0.6) is 0 Å². The second kappa shape index (κ2) is 7.36. The van der Waals surface area contributed by atoms with Gasteiger partial charge in [-0.05, 0) is 19.4 Å². The van der Waals surface area contributed by atoms with Crippen LogP contribution in [0.3, 0.4) is 0 Å². The molecule has 0 saturated heterocycles. The van der Waals surface area contributed by atoms with Gasteiger partial charge in [0.05, 0.1) is 11.0 Å². The fourth-order valence-electron chi connectivity index (χ4n) is 2.05. The lowest BCUT2D eigenvalue weighted by Gasteiger charge is -2.26. The van der Waals surface area contributed by atoms with Crippen molar-refractivity contribution >= 4 is 11.7 Å². The number of carboxylic acid groups (broad SMARTS) is 1. The van der Waals surface area contributed by atoms with Gasteiger partial charge in [0.1, 0.15) is 5.56 Å². The van der Waals surface area contributed by atoms with Crippen LogP contribution in [-0.2, 0) is 6.54 Å². The van der Waals surface area contributed by atoms with Crippen molar-refractivity contribution in [3.05, 3.63) is 39.4 Å². The normalized spacial score (nSPS) is 10.6. The van der Waals surface area contributed by atoms with E-state index in [4.69, 9.17) is 5.26 Å². The molecule has 7 nitrogen and oxygen atoms in total. The Morgan fingerprint density at radius 1 is 1.52 bits per heavy atom. The minimum absolute atomic E-state index is 0.0965. The number of hydrogen-bond donors (Lipinski definition) is 1. The second-order valence-electron chi connectivity index (χ2n) is 4.85. The minimum atomic E-state index is -1.32. The van der Waals surface area contributed by atoms with Gasteiger partial charge >= 0.3 is 5.97 Å². The lowest BCUT2D eigenvalue weighted by Crippen LogP contribution is -2.32. The van der Waals surface area contributed by atoms with E-state index >= 15 is 0 Å². The van der Waals surface area contributed by atoms with Crippen molar-refractivity contribution < 1.29 is 14.8 Å². The van der Waals surface area contributed by atoms with E-state index < -0.39 is 16.6 Å². The van der Waals surface area contributed by atoms with E-state index in [0.29, 0.717) is 18.5 Å². The Bertz CT molecular complexity index is 578. The summed E-state index contributed by atoms with van der Waals surface area (Å²) in [4.78, 5) is 23.5. The van der Waals surface area contributed by atoms with E-state index in [1.54, 1.807) is 6.07 Å². The van der Waals surface area contributed by atoms with Crippen molar-refractivity contribution in [2.45, 2.75) is 32.9 Å². The van der Waals surface area contributed by atoms with Gasteiger partial charge in [0, 0.05) is 31.6 Å². The van der Waals surface area contributed by atoms with Gasteiger partial charge in [-0.1, -0.05) is 12.1 Å². The first kappa shape index (κ1) is 16.6. The molecule has 1 aromatic rings. The average Bonchev–Trinajstić information content (AvgIpc) is 2.42. The van der Waals surface area contributed by atoms with Crippen molar-refractivity contribution in [1.29, 1.82) is 5.26 Å². The van der Waals surface area contributed by atoms with Crippen molar-refractivity contribution in [3.8, 4) is 6.07 Å². The maximum Gasteiger partial charge on any atom is 0.343 e. The zero-order valence-electron chi connectivity index (χ0n) is 11.9. The van der Waals surface area contributed by atoms with E-state index in [1.165, 1.54) is 12.1 Å². The number of nitro benzene ring substituents is 1. The summed E-state index contributed by atoms with van der Waals surface area (Å²) < 4.78 is 0. The van der Waals surface area contributed by atoms with Crippen LogP contribution in [0.25, 0.3) is 0 Å². The Hall–Kier alpha value is -2.46. The van der Waals surface area contributed by atoms with Crippen molar-refractivity contribution in [1.82, 2.24) is 4.90 Å². The molecule has 0 saturated carbocycles. The number of carbonyl (C=O) groups is 1. The van der Waals surface area contributed by atoms with E-state index in [2.05, 4.69) is 0 Å². The van der Waals surface area contributed by atoms with Crippen LogP contribution in [0.4, 0.5) is 5.69 Å². The molecule has 7 heteroatoms. The SMILES string of the molecule is CC(C)N(CCC#N)Cc1cccc([N+](=O)[O-])c1C(=O)O. The zero-order valence-corrected chi connectivity index (χ0v) is 11.9. The first-order valence-electron chi connectivity index (χ1n) is 6.49. The molecular formula is C14H17N3O4. The molecule has 1 N–H and O–H groups in total. The summed E-state index contributed by atoms with van der Waals surface area (Å²) in [5.41, 5.74) is -0.322. The molecular weight excluding hydrogens is 274 g/mol. The Morgan fingerprint density at radius 2 is 2.19 bits per heavy atom. The van der Waals surface area contributed by atoms with Gasteiger partial charge < -0.3 is 5.11 Å². The zero-order chi connectivity index (χ0) is 16.0. The summed E-state index contributed by atoms with van der Waals surface area (Å²) in [6.07, 6.45) is 0.315. The Labute approximate surface area is 122 Å². The van der Waals surface area contributed by atoms with Gasteiger partial charge in [-0.25, -0.2) is 4.79 Å². The smallest absolute Gasteiger partial charge is 0.343 e. The molecule has 0 spiro atoms. The van der Waals surface area contributed by atoms with Gasteiger partial charge in [0.15, 0.2) is 0 Å². The molecule has 0 aliphatic heterocycles. The first-order valence-corrected chi connectivity index (χ1v) is 6.49. The maximum absolute atomic E-state index is 11.3. The molecule has 1 aromatic carbocycles. The van der Waals surface area contributed by atoms with Gasteiger partial charge in [0.25, 0.3) is 5.69 Å². The van der Waals surface area contributed by atoms with E-state index in [-0.39, 0.29) is 18.2 Å². The number of nitro groups is 1. The molecule has 0 aromatic heterocycles. The topological polar surface area (TPSA) is 107 Å². The quantitative estimate of drug-likeness (QED) is 0.610. The van der Waals surface area contributed by atoms with Crippen LogP contribution in [0.15, 0.2) is 18.2 Å². The van der Waals surface area contributed by atoms with Gasteiger partial charge in [0.2, 0.25) is 0 Å². The predicted octanol–water partition coefficient (Wildman–Crippen LogP) is 2.42. The number of nitriles is 1. The average molecular weight is 291 g/mol. The molecule has 0 amide bonds. The van der Waals surface area contributed by atoms with Crippen LogP contribution < -0.4 is 0 Å². The highest BCUT2D eigenvalue weighted by Crippen LogP contribution is 2.24. The predicted molar refractivity (Wildman–Crippen MR) is 75.8 cm³/mol. The first-order chi connectivity index (χ1) is 9.88. The number of hydrogen-bond acceptors (Lipinski definition) is 5. The number of nitrogens with zero attached hydrogens (tertiary/aromatic N) is 3. The molecule has 112 valence electrons. The third kappa shape index (κ3) is 4.26. The monoisotopic (exact) mass is 291 g/mol. The number of benzene rings is 1. The molecule has 0 atom stereocenters. The highest BCUT2D eigenvalue weighted by Gasteiger charge is 2.24. The molecule has 0 aliphatic rings. The lowest BCUT2D eigenvalue weighted by molar-refractivity contribution is -0.385. The Balaban J connectivity index is 3.17. The number of carboxylic acids is 1. The van der Waals surface area contributed by atoms with Crippen LogP contribution in [-0.4, -0.2) is 33.5 Å². The molecule has 1 rings (SSSR count). The third-order valence-electron chi connectivity index (χ3n) is 3.15. The Kier molecular flexibility index (Phi) is 5.81. The van der Waals surface area contributed by atoms with Crippen LogP contribution in [0, 0.1) is 21.4 Å². The van der Waals surface area contributed by atoms with E-state index in [1.807, 2.05) is 24.8 Å². The summed E-state index contributed by atoms with van der Waals surface area (Å²) in [7, 11) is 0. The van der Waals surface area contributed by atoms with Crippen LogP contribution in [0.2, 0.25) is 0 Å². The lowest BCUT2D eigenvalue weighted by atomic mass is 10.0. The van der Waals surface area contributed by atoms with E-state index in [0.717, 1.165) is 0 Å². The largest absolute Gasteiger partial charge is 0.477 e. The summed E-state index contributed by atoms with van der Waals surface area (Å²) >= 11 is 0. The van der Waals surface area contributed by atoms with Gasteiger partial charge in [-0.15, -0.1) is 0 Å². The summed E-state index contributed by atoms with van der Waals surface area (Å²) in [6.45, 7) is 4.59. The van der Waals surface area contributed by atoms with Crippen molar-refractivity contribution in [3.63, 3.8) is 0 Å². The highest BCUT2D eigenvalue weighted by atomic mass is 16.6. The van der Waals surface area contributed by atoms with Crippen molar-refractivity contribution in [2.24, 2.45) is 0 Å². The van der Waals surface area contributed by atoms with Gasteiger partial charge in [-0.3, -0.25) is 15.0 Å². The summed E-state index contributed by atoms with van der Waals surface area (Å²) in [5, 5.41) is 28.9. The molecule has 0 bridgehead atoms. The van der Waals surface area contributed by atoms with Crippen LogP contribution >= 0.6 is 0 Å². The molecule has 0 aliphatic carbocycles. The highest BCUT2D eigenvalue weighted by molar-refractivity contribution is 5.94. The van der Waals surface area contributed by atoms with Crippen molar-refractivity contribution in [2.75, 3.05) is 6.54 Å². The molecule has 21 heavy (non-hydrogen) atoms. The molecule has 0 radical (unpaired) electrons. The number of aromatic carboxylic acids is 1. The third-order valence-corrected chi connectivity index (χ3v) is 3.15. The van der Waals surface area contributed by atoms with E-state index in [9.17, 15) is 20.0 Å². The fourth-order valence-corrected chi connectivity index (χ4v) is 2.05. The Morgan fingerprint density at radius 3 is 2.67 bits per heavy atom. The minimum Gasteiger partial charge on any atom is -0.477 e. The fraction of sp³-hybridized carbons (Fsp3) is 0.429. The molecule has 0 heterocycles. The van der Waals surface area contributed by atoms with Crippen LogP contribution in [0.1, 0.15) is 36.2 Å². The molecule has 0 unspecified atom stereocenters. The van der Waals surface area contributed by atoms with Gasteiger partial charge in [-0.2, -0.15) is 5.26 Å².